The van der Waals surface area contributed by atoms with Crippen LogP contribution >= 0.6 is 0 Å². The number of rotatable bonds is 10. The van der Waals surface area contributed by atoms with E-state index < -0.39 is 11.5 Å². The minimum absolute atomic E-state index is 0.139. The number of nitrogens with one attached hydrogen (secondary N) is 2. The van der Waals surface area contributed by atoms with Crippen molar-refractivity contribution >= 4 is 34.8 Å². The second-order valence-corrected chi connectivity index (χ2v) is 11.3. The summed E-state index contributed by atoms with van der Waals surface area (Å²) in [5, 5.41) is 19.4. The second kappa shape index (κ2) is 12.5. The van der Waals surface area contributed by atoms with Gasteiger partial charge in [-0.05, 0) is 99.7 Å². The average molecular weight is 567 g/mol. The maximum Gasteiger partial charge on any atom is 0.335 e. The fourth-order valence-electron chi connectivity index (χ4n) is 5.85. The Kier molecular flexibility index (Phi) is 8.61. The third-order valence-corrected chi connectivity index (χ3v) is 8.28. The van der Waals surface area contributed by atoms with Gasteiger partial charge < -0.3 is 15.7 Å². The first-order chi connectivity index (χ1) is 20.3. The zero-order chi connectivity index (χ0) is 29.7. The highest BCUT2D eigenvalue weighted by atomic mass is 16.4. The number of hydrogen-bond donors (Lipinski definition) is 3. The van der Waals surface area contributed by atoms with E-state index in [-0.39, 0.29) is 17.4 Å². The number of allylic oxidation sites excluding steroid dienone is 1. The van der Waals surface area contributed by atoms with E-state index in [0.717, 1.165) is 36.3 Å². The van der Waals surface area contributed by atoms with Gasteiger partial charge in [-0.3, -0.25) is 19.6 Å². The van der Waals surface area contributed by atoms with Crippen LogP contribution < -0.4 is 20.7 Å². The number of anilines is 3. The molecule has 0 saturated heterocycles. The summed E-state index contributed by atoms with van der Waals surface area (Å²) in [5.41, 5.74) is 3.02. The Bertz CT molecular complexity index is 1430. The van der Waals surface area contributed by atoms with E-state index in [2.05, 4.69) is 39.4 Å². The first-order valence-corrected chi connectivity index (χ1v) is 14.6. The molecule has 42 heavy (non-hydrogen) atoms. The van der Waals surface area contributed by atoms with Gasteiger partial charge in [-0.1, -0.05) is 44.0 Å². The van der Waals surface area contributed by atoms with E-state index in [9.17, 15) is 14.4 Å². The average Bonchev–Trinajstić information content (AvgIpc) is 2.98. The molecule has 5 rings (SSSR count). The third-order valence-electron chi connectivity index (χ3n) is 8.28. The normalized spacial score (nSPS) is 16.0. The zero-order valence-corrected chi connectivity index (χ0v) is 24.0. The van der Waals surface area contributed by atoms with Gasteiger partial charge in [0.15, 0.2) is 0 Å². The molecule has 0 unspecified atom stereocenters. The Hall–Kier alpha value is -4.59. The fraction of sp³-hybridized carbons (Fsp3) is 0.324. The summed E-state index contributed by atoms with van der Waals surface area (Å²) in [6.07, 6.45) is 7.65. The Balaban J connectivity index is 1.34. The van der Waals surface area contributed by atoms with Crippen molar-refractivity contribution in [3.63, 3.8) is 0 Å². The molecule has 2 aliphatic rings. The molecule has 2 fully saturated rings. The number of benzene rings is 3. The number of amides is 2. The lowest BCUT2D eigenvalue weighted by atomic mass is 9.75. The lowest BCUT2D eigenvalue weighted by Crippen LogP contribution is -2.61. The lowest BCUT2D eigenvalue weighted by molar-refractivity contribution is -0.125. The molecule has 2 amide bonds. The number of aromatic carboxylic acids is 1. The summed E-state index contributed by atoms with van der Waals surface area (Å²) >= 11 is 0. The molecule has 2 aliphatic carbocycles. The van der Waals surface area contributed by atoms with E-state index in [1.165, 1.54) is 31.4 Å². The largest absolute Gasteiger partial charge is 0.478 e. The molecule has 0 radical (unpaired) electrons. The number of carboxylic acids is 1. The fourth-order valence-corrected chi connectivity index (χ4v) is 5.85. The third kappa shape index (κ3) is 6.17. The van der Waals surface area contributed by atoms with Crippen LogP contribution in [0.1, 0.15) is 79.0 Å². The number of nitrogens with zero attached hydrogens (tertiary/aromatic N) is 2. The van der Waals surface area contributed by atoms with Gasteiger partial charge in [-0.2, -0.15) is 0 Å². The number of carbonyl (C=O) groups is 3. The summed E-state index contributed by atoms with van der Waals surface area (Å²) < 4.78 is 0. The first kappa shape index (κ1) is 28.9. The molecule has 0 atom stereocenters. The molecule has 3 N–H and O–H groups in total. The summed E-state index contributed by atoms with van der Waals surface area (Å²) in [6.45, 7) is 6.30. The van der Waals surface area contributed by atoms with Crippen molar-refractivity contribution in [2.24, 2.45) is 0 Å². The van der Waals surface area contributed by atoms with Crippen molar-refractivity contribution < 1.29 is 19.5 Å². The van der Waals surface area contributed by atoms with E-state index in [1.54, 1.807) is 12.1 Å². The van der Waals surface area contributed by atoms with Gasteiger partial charge in [0.2, 0.25) is 5.91 Å². The highest BCUT2D eigenvalue weighted by Gasteiger charge is 2.45. The van der Waals surface area contributed by atoms with Gasteiger partial charge in [0.05, 0.1) is 23.0 Å². The summed E-state index contributed by atoms with van der Waals surface area (Å²) in [5.74, 6) is -1.64. The minimum atomic E-state index is -1.03. The Morgan fingerprint density at radius 1 is 0.810 bits per heavy atom. The van der Waals surface area contributed by atoms with Gasteiger partial charge >= 0.3 is 5.97 Å². The van der Waals surface area contributed by atoms with Crippen LogP contribution in [0.15, 0.2) is 91.1 Å². The quantitative estimate of drug-likeness (QED) is 0.234. The Morgan fingerprint density at radius 2 is 1.43 bits per heavy atom. The SMILES string of the molecule is C=C(C)N(c1ccccc1)N(c1ccc(C(=O)NC2(C(=O)Nc3ccc(C(=O)O)cc3)CCC2)cc1)C1CCCCC1. The maximum atomic E-state index is 13.4. The predicted molar refractivity (Wildman–Crippen MR) is 166 cm³/mol. The zero-order valence-electron chi connectivity index (χ0n) is 24.0. The predicted octanol–water partition coefficient (Wildman–Crippen LogP) is 6.77. The molecular formula is C34H38N4O4. The van der Waals surface area contributed by atoms with Crippen molar-refractivity contribution in [3.8, 4) is 0 Å². The summed E-state index contributed by atoms with van der Waals surface area (Å²) in [6, 6.07) is 24.1. The number of para-hydroxylation sites is 1. The van der Waals surface area contributed by atoms with E-state index in [0.29, 0.717) is 30.1 Å². The van der Waals surface area contributed by atoms with Crippen LogP contribution in [-0.2, 0) is 4.79 Å². The number of carboxylic acid groups (broad SMARTS) is 1. The van der Waals surface area contributed by atoms with Gasteiger partial charge in [-0.25, -0.2) is 4.79 Å². The van der Waals surface area contributed by atoms with Gasteiger partial charge in [0, 0.05) is 16.9 Å². The molecule has 8 heteroatoms. The molecule has 2 saturated carbocycles. The molecule has 3 aromatic carbocycles. The number of carbonyl (C=O) groups excluding carboxylic acids is 2. The summed E-state index contributed by atoms with van der Waals surface area (Å²) in [4.78, 5) is 37.7. The van der Waals surface area contributed by atoms with Crippen molar-refractivity contribution in [3.05, 3.63) is 102 Å². The van der Waals surface area contributed by atoms with Gasteiger partial charge in [-0.15, -0.1) is 0 Å². The van der Waals surface area contributed by atoms with Crippen molar-refractivity contribution in [2.45, 2.75) is 69.9 Å². The minimum Gasteiger partial charge on any atom is -0.478 e. The highest BCUT2D eigenvalue weighted by molar-refractivity contribution is 6.04. The first-order valence-electron chi connectivity index (χ1n) is 14.6. The molecule has 0 spiro atoms. The topological polar surface area (TPSA) is 102 Å². The van der Waals surface area contributed by atoms with Crippen molar-refractivity contribution in [2.75, 3.05) is 15.3 Å². The molecule has 3 aromatic rings. The van der Waals surface area contributed by atoms with Crippen LogP contribution in [0.3, 0.4) is 0 Å². The molecule has 8 nitrogen and oxygen atoms in total. The van der Waals surface area contributed by atoms with E-state index in [1.807, 2.05) is 49.4 Å². The van der Waals surface area contributed by atoms with Crippen LogP contribution in [-0.4, -0.2) is 34.5 Å². The number of hydrazine groups is 1. The molecule has 0 heterocycles. The monoisotopic (exact) mass is 566 g/mol. The molecule has 0 aromatic heterocycles. The van der Waals surface area contributed by atoms with Gasteiger partial charge in [0.25, 0.3) is 5.91 Å². The Morgan fingerprint density at radius 3 is 1.98 bits per heavy atom. The number of hydrogen-bond acceptors (Lipinski definition) is 5. The van der Waals surface area contributed by atoms with E-state index >= 15 is 0 Å². The molecule has 218 valence electrons. The van der Waals surface area contributed by atoms with Gasteiger partial charge in [0.1, 0.15) is 5.54 Å². The molecule has 0 bridgehead atoms. The Labute approximate surface area is 247 Å². The summed E-state index contributed by atoms with van der Waals surface area (Å²) in [7, 11) is 0. The molecule has 0 aliphatic heterocycles. The molecular weight excluding hydrogens is 528 g/mol. The van der Waals surface area contributed by atoms with Crippen LogP contribution in [0.25, 0.3) is 0 Å². The van der Waals surface area contributed by atoms with Crippen LogP contribution in [0.4, 0.5) is 17.1 Å². The van der Waals surface area contributed by atoms with Crippen LogP contribution in [0.2, 0.25) is 0 Å². The van der Waals surface area contributed by atoms with Crippen LogP contribution in [0, 0.1) is 0 Å². The standard InChI is InChI=1S/C34H38N4O4/c1-24(2)37(28-10-5-3-6-11-28)38(29-12-7-4-8-13-29)30-20-16-25(17-21-30)31(39)36-34(22-9-23-34)33(42)35-27-18-14-26(15-19-27)32(40)41/h3,5-6,10-11,14-21,29H,1,4,7-9,12-13,22-23H2,2H3,(H,35,42)(H,36,39)(H,40,41). The smallest absolute Gasteiger partial charge is 0.335 e. The van der Waals surface area contributed by atoms with Crippen molar-refractivity contribution in [1.29, 1.82) is 0 Å². The van der Waals surface area contributed by atoms with Crippen LogP contribution in [0.5, 0.6) is 0 Å². The van der Waals surface area contributed by atoms with Crippen molar-refractivity contribution in [1.82, 2.24) is 5.32 Å². The lowest BCUT2D eigenvalue weighted by Gasteiger charge is -2.45. The second-order valence-electron chi connectivity index (χ2n) is 11.3. The maximum absolute atomic E-state index is 13.4. The van der Waals surface area contributed by atoms with E-state index in [4.69, 9.17) is 5.11 Å². The highest BCUT2D eigenvalue weighted by Crippen LogP contribution is 2.35.